The second-order valence-corrected chi connectivity index (χ2v) is 11.5. The Labute approximate surface area is 236 Å². The highest BCUT2D eigenvalue weighted by Crippen LogP contribution is 2.40. The Morgan fingerprint density at radius 2 is 1.92 bits per heavy atom. The molecule has 1 amide bonds. The van der Waals surface area contributed by atoms with E-state index in [2.05, 4.69) is 33.8 Å². The van der Waals surface area contributed by atoms with Crippen molar-refractivity contribution in [3.05, 3.63) is 64.0 Å². The van der Waals surface area contributed by atoms with Crippen LogP contribution in [-0.4, -0.2) is 76.2 Å². The van der Waals surface area contributed by atoms with Crippen LogP contribution in [0.15, 0.2) is 36.9 Å². The van der Waals surface area contributed by atoms with Crippen LogP contribution in [0.3, 0.4) is 0 Å². The highest BCUT2D eigenvalue weighted by molar-refractivity contribution is 6.42. The molecule has 0 saturated carbocycles. The van der Waals surface area contributed by atoms with Gasteiger partial charge in [-0.2, -0.15) is 0 Å². The summed E-state index contributed by atoms with van der Waals surface area (Å²) < 4.78 is 28.0. The molecule has 0 radical (unpaired) electrons. The Morgan fingerprint density at radius 3 is 2.62 bits per heavy atom. The van der Waals surface area contributed by atoms with Gasteiger partial charge in [0.05, 0.1) is 27.5 Å². The number of hydrogen-bond acceptors (Lipinski definition) is 7. The molecule has 4 aliphatic rings. The SMILES string of the molecule is C=CC(=O)N1[C@@H]2CC[C@H]1C[C@H](OC1=Cc3c(ncnc3Nc3ccc(Cl)c(Cl)c3F)CC1OC1CN(C)C1)C2. The molecule has 1 aliphatic carbocycles. The molecular formula is C28H30Cl2FN5O3. The normalized spacial score (nSPS) is 26.5. The van der Waals surface area contributed by atoms with Crippen molar-refractivity contribution in [3.63, 3.8) is 0 Å². The average molecular weight is 574 g/mol. The molecule has 1 aromatic carbocycles. The van der Waals surface area contributed by atoms with Crippen molar-refractivity contribution >= 4 is 46.7 Å². The lowest BCUT2D eigenvalue weighted by atomic mass is 9.96. The van der Waals surface area contributed by atoms with Gasteiger partial charge in [-0.3, -0.25) is 4.79 Å². The summed E-state index contributed by atoms with van der Waals surface area (Å²) in [5, 5.41) is 3.04. The minimum Gasteiger partial charge on any atom is -0.492 e. The van der Waals surface area contributed by atoms with Crippen molar-refractivity contribution in [1.82, 2.24) is 19.8 Å². The molecule has 1 N–H and O–H groups in total. The van der Waals surface area contributed by atoms with Crippen LogP contribution in [0.25, 0.3) is 6.08 Å². The summed E-state index contributed by atoms with van der Waals surface area (Å²) in [6.45, 7) is 5.38. The summed E-state index contributed by atoms with van der Waals surface area (Å²) in [5.74, 6) is 0.480. The first-order valence-corrected chi connectivity index (χ1v) is 14.0. The number of anilines is 2. The number of benzene rings is 1. The summed E-state index contributed by atoms with van der Waals surface area (Å²) in [7, 11) is 2.06. The van der Waals surface area contributed by atoms with E-state index in [1.54, 1.807) is 0 Å². The maximum Gasteiger partial charge on any atom is 0.246 e. The van der Waals surface area contributed by atoms with Gasteiger partial charge in [0.25, 0.3) is 0 Å². The lowest BCUT2D eigenvalue weighted by Crippen LogP contribution is -2.52. The zero-order valence-corrected chi connectivity index (χ0v) is 23.1. The van der Waals surface area contributed by atoms with Crippen LogP contribution in [0.5, 0.6) is 0 Å². The molecular weight excluding hydrogens is 544 g/mol. The van der Waals surface area contributed by atoms with E-state index in [4.69, 9.17) is 32.7 Å². The van der Waals surface area contributed by atoms with Crippen LogP contribution < -0.4 is 5.32 Å². The van der Waals surface area contributed by atoms with Crippen LogP contribution in [0.2, 0.25) is 10.0 Å². The van der Waals surface area contributed by atoms with Crippen molar-refractivity contribution in [1.29, 1.82) is 0 Å². The number of rotatable bonds is 7. The standard InChI is InChI=1S/C28H30Cl2FN5O3/c1-3-25(37)36-15-4-5-16(36)9-17(8-15)38-23-10-19-22(11-24(23)39-18-12-35(2)13-18)32-14-33-28(19)34-21-7-6-20(29)26(30)27(21)31/h3,6-7,10,14-18,24H,1,4-5,8-9,11-13H2,2H3,(H,32,33,34)/t15-,16+,17-,24?. The molecule has 3 saturated heterocycles. The van der Waals surface area contributed by atoms with E-state index in [9.17, 15) is 9.18 Å². The Morgan fingerprint density at radius 1 is 1.18 bits per heavy atom. The van der Waals surface area contributed by atoms with Crippen LogP contribution in [0, 0.1) is 5.82 Å². The number of carbonyl (C=O) groups is 1. The Bertz CT molecular complexity index is 1320. The fourth-order valence-electron chi connectivity index (χ4n) is 6.17. The minimum atomic E-state index is -0.653. The molecule has 0 spiro atoms. The molecule has 2 bridgehead atoms. The van der Waals surface area contributed by atoms with E-state index in [1.807, 2.05) is 11.0 Å². The molecule has 3 aliphatic heterocycles. The van der Waals surface area contributed by atoms with Gasteiger partial charge in [0.1, 0.15) is 30.1 Å². The number of amides is 1. The Hall–Kier alpha value is -2.72. The van der Waals surface area contributed by atoms with E-state index in [0.29, 0.717) is 23.6 Å². The van der Waals surface area contributed by atoms with Gasteiger partial charge in [0.2, 0.25) is 5.91 Å². The summed E-state index contributed by atoms with van der Waals surface area (Å²) in [6, 6.07) is 3.35. The van der Waals surface area contributed by atoms with Crippen molar-refractivity contribution in [2.75, 3.05) is 25.5 Å². The predicted octanol–water partition coefficient (Wildman–Crippen LogP) is 4.99. The minimum absolute atomic E-state index is 0.00975. The van der Waals surface area contributed by atoms with Gasteiger partial charge in [-0.05, 0) is 44.2 Å². The zero-order valence-electron chi connectivity index (χ0n) is 21.6. The number of hydrogen-bond donors (Lipinski definition) is 1. The molecule has 206 valence electrons. The molecule has 6 rings (SSSR count). The van der Waals surface area contributed by atoms with E-state index >= 15 is 0 Å². The maximum atomic E-state index is 14.8. The summed E-state index contributed by atoms with van der Waals surface area (Å²) in [6.07, 6.45) is 8.48. The largest absolute Gasteiger partial charge is 0.492 e. The third-order valence-electron chi connectivity index (χ3n) is 8.05. The second kappa shape index (κ2) is 10.7. The third kappa shape index (κ3) is 5.13. The van der Waals surface area contributed by atoms with E-state index < -0.39 is 5.82 Å². The summed E-state index contributed by atoms with van der Waals surface area (Å²) in [5.41, 5.74) is 1.66. The molecule has 8 nitrogen and oxygen atoms in total. The number of fused-ring (bicyclic) bond motifs is 3. The lowest BCUT2D eigenvalue weighted by molar-refractivity contribution is -0.133. The highest BCUT2D eigenvalue weighted by atomic mass is 35.5. The van der Waals surface area contributed by atoms with E-state index in [1.165, 1.54) is 24.5 Å². The van der Waals surface area contributed by atoms with Gasteiger partial charge in [-0.25, -0.2) is 14.4 Å². The number of ether oxygens (including phenoxy) is 2. The molecule has 2 aromatic rings. The van der Waals surface area contributed by atoms with Crippen molar-refractivity contribution in [2.24, 2.45) is 0 Å². The number of nitrogens with one attached hydrogen (secondary N) is 1. The van der Waals surface area contributed by atoms with Crippen molar-refractivity contribution in [2.45, 2.75) is 62.5 Å². The van der Waals surface area contributed by atoms with Crippen LogP contribution in [0.1, 0.15) is 36.9 Å². The molecule has 39 heavy (non-hydrogen) atoms. The van der Waals surface area contributed by atoms with Gasteiger partial charge in [-0.1, -0.05) is 29.8 Å². The third-order valence-corrected chi connectivity index (χ3v) is 8.83. The number of likely N-dealkylation sites (N-methyl/N-ethyl adjacent to an activating group) is 1. The molecule has 1 aromatic heterocycles. The highest BCUT2D eigenvalue weighted by Gasteiger charge is 2.44. The number of nitrogens with zero attached hydrogens (tertiary/aromatic N) is 4. The Balaban J connectivity index is 1.28. The number of piperidine rings is 1. The smallest absolute Gasteiger partial charge is 0.246 e. The molecule has 4 heterocycles. The quantitative estimate of drug-likeness (QED) is 0.369. The first-order chi connectivity index (χ1) is 18.8. The maximum absolute atomic E-state index is 14.8. The van der Waals surface area contributed by atoms with Gasteiger partial charge in [0, 0.05) is 50.0 Å². The first-order valence-electron chi connectivity index (χ1n) is 13.2. The Kier molecular flexibility index (Phi) is 7.26. The first kappa shape index (κ1) is 26.5. The number of halogens is 3. The lowest BCUT2D eigenvalue weighted by Gasteiger charge is -2.41. The number of likely N-dealkylation sites (tertiary alicyclic amines) is 1. The molecule has 1 unspecified atom stereocenters. The fraction of sp³-hybridized carbons (Fsp3) is 0.464. The number of aromatic nitrogens is 2. The summed E-state index contributed by atoms with van der Waals surface area (Å²) in [4.78, 5) is 25.5. The molecule has 4 atom stereocenters. The van der Waals surface area contributed by atoms with E-state index in [0.717, 1.165) is 44.5 Å². The van der Waals surface area contributed by atoms with Crippen molar-refractivity contribution < 1.29 is 18.7 Å². The monoisotopic (exact) mass is 573 g/mol. The van der Waals surface area contributed by atoms with Gasteiger partial charge in [-0.15, -0.1) is 0 Å². The molecule has 3 fully saturated rings. The topological polar surface area (TPSA) is 79.8 Å². The fourth-order valence-corrected chi connectivity index (χ4v) is 6.48. The van der Waals surface area contributed by atoms with Gasteiger partial charge in [0.15, 0.2) is 5.82 Å². The average Bonchev–Trinajstić information content (AvgIpc) is 3.18. The van der Waals surface area contributed by atoms with E-state index in [-0.39, 0.29) is 52.0 Å². The van der Waals surface area contributed by atoms with Crippen LogP contribution in [0.4, 0.5) is 15.9 Å². The van der Waals surface area contributed by atoms with Crippen LogP contribution >= 0.6 is 23.2 Å². The summed E-state index contributed by atoms with van der Waals surface area (Å²) >= 11 is 12.0. The molecule has 11 heteroatoms. The predicted molar refractivity (Wildman–Crippen MR) is 148 cm³/mol. The van der Waals surface area contributed by atoms with Crippen LogP contribution in [-0.2, 0) is 20.7 Å². The second-order valence-electron chi connectivity index (χ2n) is 10.7. The van der Waals surface area contributed by atoms with Crippen molar-refractivity contribution in [3.8, 4) is 0 Å². The van der Waals surface area contributed by atoms with Gasteiger partial charge >= 0.3 is 0 Å². The van der Waals surface area contributed by atoms with Gasteiger partial charge < -0.3 is 24.6 Å². The number of carbonyl (C=O) groups excluding carboxylic acids is 1. The zero-order chi connectivity index (χ0) is 27.3.